The molecular weight excluding hydrogens is 252 g/mol. The second kappa shape index (κ2) is 5.36. The Bertz CT molecular complexity index is 602. The molecule has 0 saturated heterocycles. The number of nitrogens with zero attached hydrogens (tertiary/aromatic N) is 2. The van der Waals surface area contributed by atoms with E-state index in [0.29, 0.717) is 12.4 Å². The number of rotatable bonds is 4. The Morgan fingerprint density at radius 3 is 2.55 bits per heavy atom. The van der Waals surface area contributed by atoms with Gasteiger partial charge in [-0.25, -0.2) is 0 Å². The van der Waals surface area contributed by atoms with Gasteiger partial charge < -0.3 is 11.1 Å². The Kier molecular flexibility index (Phi) is 3.79. The highest BCUT2D eigenvalue weighted by Gasteiger charge is 2.29. The van der Waals surface area contributed by atoms with Gasteiger partial charge in [-0.2, -0.15) is 5.10 Å². The van der Waals surface area contributed by atoms with E-state index in [1.54, 1.807) is 17.9 Å². The topological polar surface area (TPSA) is 72.9 Å². The van der Waals surface area contributed by atoms with Gasteiger partial charge in [-0.15, -0.1) is 0 Å². The number of carbonyl (C=O) groups is 1. The van der Waals surface area contributed by atoms with Crippen LogP contribution in [-0.4, -0.2) is 15.7 Å². The van der Waals surface area contributed by atoms with Crippen molar-refractivity contribution in [2.45, 2.75) is 25.8 Å². The minimum absolute atomic E-state index is 0.0352. The molecule has 0 aliphatic rings. The van der Waals surface area contributed by atoms with Crippen LogP contribution in [0.4, 0.5) is 5.82 Å². The van der Waals surface area contributed by atoms with Crippen LogP contribution in [0.2, 0.25) is 0 Å². The van der Waals surface area contributed by atoms with Gasteiger partial charge in [0.1, 0.15) is 5.82 Å². The molecule has 0 unspecified atom stereocenters. The van der Waals surface area contributed by atoms with E-state index in [9.17, 15) is 4.79 Å². The fourth-order valence-corrected chi connectivity index (χ4v) is 2.01. The minimum atomic E-state index is -0.585. The number of aryl methyl sites for hydroxylation is 1. The molecule has 0 bridgehead atoms. The van der Waals surface area contributed by atoms with Gasteiger partial charge >= 0.3 is 0 Å². The summed E-state index contributed by atoms with van der Waals surface area (Å²) in [5, 5.41) is 6.97. The van der Waals surface area contributed by atoms with E-state index >= 15 is 0 Å². The van der Waals surface area contributed by atoms with E-state index < -0.39 is 5.41 Å². The van der Waals surface area contributed by atoms with Crippen LogP contribution in [0.15, 0.2) is 36.5 Å². The Hall–Kier alpha value is -2.30. The highest BCUT2D eigenvalue weighted by atomic mass is 16.2. The molecule has 0 aliphatic carbocycles. The second-order valence-electron chi connectivity index (χ2n) is 5.35. The number of carbonyl (C=O) groups excluding carboxylic acids is 1. The van der Waals surface area contributed by atoms with E-state index in [1.807, 2.05) is 44.2 Å². The van der Waals surface area contributed by atoms with Crippen molar-refractivity contribution >= 4 is 11.7 Å². The van der Waals surface area contributed by atoms with Crippen molar-refractivity contribution in [2.24, 2.45) is 7.05 Å². The summed E-state index contributed by atoms with van der Waals surface area (Å²) in [5.41, 5.74) is 7.08. The summed E-state index contributed by atoms with van der Waals surface area (Å²) in [5.74, 6) is 0.537. The molecule has 0 radical (unpaired) electrons. The van der Waals surface area contributed by atoms with Crippen LogP contribution in [0.25, 0.3) is 0 Å². The zero-order chi connectivity index (χ0) is 14.8. The lowest BCUT2D eigenvalue weighted by Crippen LogP contribution is -2.39. The van der Waals surface area contributed by atoms with Crippen LogP contribution >= 0.6 is 0 Å². The third-order valence-electron chi connectivity index (χ3n) is 3.57. The van der Waals surface area contributed by atoms with E-state index in [4.69, 9.17) is 5.73 Å². The highest BCUT2D eigenvalue weighted by Crippen LogP contribution is 2.23. The van der Waals surface area contributed by atoms with Crippen molar-refractivity contribution in [3.05, 3.63) is 47.7 Å². The Balaban J connectivity index is 2.07. The second-order valence-corrected chi connectivity index (χ2v) is 5.35. The van der Waals surface area contributed by atoms with E-state index in [1.165, 1.54) is 0 Å². The van der Waals surface area contributed by atoms with Crippen molar-refractivity contribution in [1.82, 2.24) is 15.1 Å². The van der Waals surface area contributed by atoms with E-state index in [0.717, 1.165) is 11.1 Å². The molecule has 1 aromatic heterocycles. The summed E-state index contributed by atoms with van der Waals surface area (Å²) in [6.45, 7) is 4.20. The fraction of sp³-hybridized carbons (Fsp3) is 0.333. The largest absolute Gasteiger partial charge is 0.384 e. The molecule has 2 aromatic rings. The monoisotopic (exact) mass is 272 g/mol. The van der Waals surface area contributed by atoms with Crippen LogP contribution in [0.3, 0.4) is 0 Å². The van der Waals surface area contributed by atoms with Crippen molar-refractivity contribution in [3.8, 4) is 0 Å². The summed E-state index contributed by atoms with van der Waals surface area (Å²) in [7, 11) is 1.77. The molecule has 2 rings (SSSR count). The maximum atomic E-state index is 12.4. The molecule has 0 saturated carbocycles. The van der Waals surface area contributed by atoms with Gasteiger partial charge in [-0.3, -0.25) is 9.48 Å². The number of benzene rings is 1. The van der Waals surface area contributed by atoms with Crippen LogP contribution in [0.5, 0.6) is 0 Å². The molecule has 0 atom stereocenters. The third kappa shape index (κ3) is 2.66. The SMILES string of the molecule is Cn1ncc(CNC(=O)C(C)(C)c2ccccc2)c1N. The molecule has 1 aromatic carbocycles. The number of nitrogens with two attached hydrogens (primary N) is 1. The van der Waals surface area contributed by atoms with Crippen LogP contribution in [0, 0.1) is 0 Å². The predicted molar refractivity (Wildman–Crippen MR) is 78.9 cm³/mol. The van der Waals surface area contributed by atoms with Gasteiger partial charge in [0.25, 0.3) is 0 Å². The summed E-state index contributed by atoms with van der Waals surface area (Å²) < 4.78 is 1.59. The van der Waals surface area contributed by atoms with Gasteiger partial charge in [-0.1, -0.05) is 30.3 Å². The van der Waals surface area contributed by atoms with Gasteiger partial charge in [-0.05, 0) is 19.4 Å². The standard InChI is InChI=1S/C15H20N4O/c1-15(2,12-7-5-4-6-8-12)14(20)17-9-11-10-18-19(3)13(11)16/h4-8,10H,9,16H2,1-3H3,(H,17,20). The Morgan fingerprint density at radius 1 is 1.35 bits per heavy atom. The number of hydrogen-bond acceptors (Lipinski definition) is 3. The maximum absolute atomic E-state index is 12.4. The molecule has 3 N–H and O–H groups in total. The maximum Gasteiger partial charge on any atom is 0.230 e. The summed E-state index contributed by atoms with van der Waals surface area (Å²) in [4.78, 5) is 12.4. The normalized spacial score (nSPS) is 11.3. The van der Waals surface area contributed by atoms with E-state index in [-0.39, 0.29) is 5.91 Å². The van der Waals surface area contributed by atoms with Gasteiger partial charge in [0.05, 0.1) is 11.6 Å². The van der Waals surface area contributed by atoms with Crippen LogP contribution < -0.4 is 11.1 Å². The van der Waals surface area contributed by atoms with Crippen molar-refractivity contribution in [2.75, 3.05) is 5.73 Å². The fourth-order valence-electron chi connectivity index (χ4n) is 2.01. The first-order valence-electron chi connectivity index (χ1n) is 6.53. The van der Waals surface area contributed by atoms with Crippen LogP contribution in [0.1, 0.15) is 25.0 Å². The van der Waals surface area contributed by atoms with Gasteiger partial charge in [0.15, 0.2) is 0 Å². The van der Waals surface area contributed by atoms with Crippen molar-refractivity contribution in [1.29, 1.82) is 0 Å². The predicted octanol–water partition coefficient (Wildman–Crippen LogP) is 1.60. The van der Waals surface area contributed by atoms with Gasteiger partial charge in [0.2, 0.25) is 5.91 Å². The van der Waals surface area contributed by atoms with Gasteiger partial charge in [0, 0.05) is 19.2 Å². The molecule has 106 valence electrons. The average molecular weight is 272 g/mol. The number of aromatic nitrogens is 2. The lowest BCUT2D eigenvalue weighted by Gasteiger charge is -2.24. The minimum Gasteiger partial charge on any atom is -0.384 e. The molecule has 0 fully saturated rings. The first-order chi connectivity index (χ1) is 9.43. The van der Waals surface area contributed by atoms with E-state index in [2.05, 4.69) is 10.4 Å². The first-order valence-corrected chi connectivity index (χ1v) is 6.53. The quantitative estimate of drug-likeness (QED) is 0.888. The lowest BCUT2D eigenvalue weighted by molar-refractivity contribution is -0.125. The third-order valence-corrected chi connectivity index (χ3v) is 3.57. The molecule has 5 nitrogen and oxygen atoms in total. The molecule has 1 heterocycles. The average Bonchev–Trinajstić information content (AvgIpc) is 2.77. The molecule has 0 spiro atoms. The Morgan fingerprint density at radius 2 is 2.00 bits per heavy atom. The van der Waals surface area contributed by atoms with Crippen molar-refractivity contribution < 1.29 is 4.79 Å². The zero-order valence-corrected chi connectivity index (χ0v) is 12.1. The van der Waals surface area contributed by atoms with Crippen molar-refractivity contribution in [3.63, 3.8) is 0 Å². The summed E-state index contributed by atoms with van der Waals surface area (Å²) >= 11 is 0. The van der Waals surface area contributed by atoms with Crippen LogP contribution in [-0.2, 0) is 23.8 Å². The number of nitrogen functional groups attached to an aromatic ring is 1. The smallest absolute Gasteiger partial charge is 0.230 e. The molecule has 5 heteroatoms. The zero-order valence-electron chi connectivity index (χ0n) is 12.1. The number of amides is 1. The molecule has 20 heavy (non-hydrogen) atoms. The number of hydrogen-bond donors (Lipinski definition) is 2. The number of nitrogens with one attached hydrogen (secondary N) is 1. The number of anilines is 1. The summed E-state index contributed by atoms with van der Waals surface area (Å²) in [6, 6.07) is 9.72. The summed E-state index contributed by atoms with van der Waals surface area (Å²) in [6.07, 6.45) is 1.67. The lowest BCUT2D eigenvalue weighted by atomic mass is 9.84. The highest BCUT2D eigenvalue weighted by molar-refractivity contribution is 5.87. The Labute approximate surface area is 118 Å². The molecule has 1 amide bonds. The molecular formula is C15H20N4O. The first kappa shape index (κ1) is 14.1. The molecule has 0 aliphatic heterocycles.